The van der Waals surface area contributed by atoms with Crippen molar-refractivity contribution in [3.8, 4) is 0 Å². The molecule has 2 N–H and O–H groups in total. The van der Waals surface area contributed by atoms with E-state index in [0.717, 1.165) is 25.7 Å². The molecule has 1 aliphatic heterocycles. The predicted octanol–water partition coefficient (Wildman–Crippen LogP) is 2.02. The zero-order chi connectivity index (χ0) is 12.6. The first-order valence-electron chi connectivity index (χ1n) is 6.28. The molecule has 0 bridgehead atoms. The van der Waals surface area contributed by atoms with Crippen LogP contribution in [0.25, 0.3) is 0 Å². The van der Waals surface area contributed by atoms with E-state index in [4.69, 9.17) is 5.11 Å². The zero-order valence-corrected chi connectivity index (χ0v) is 10.0. The minimum absolute atomic E-state index is 0.0766. The van der Waals surface area contributed by atoms with E-state index in [-0.39, 0.29) is 12.0 Å². The number of carboxylic acid groups (broad SMARTS) is 2. The van der Waals surface area contributed by atoms with Crippen molar-refractivity contribution in [2.75, 3.05) is 0 Å². The fraction of sp³-hybridized carbons (Fsp3) is 0.833. The van der Waals surface area contributed by atoms with Crippen LogP contribution < -0.4 is 0 Å². The first kappa shape index (κ1) is 12.2. The van der Waals surface area contributed by atoms with Crippen molar-refractivity contribution < 1.29 is 19.8 Å². The highest BCUT2D eigenvalue weighted by Crippen LogP contribution is 2.42. The van der Waals surface area contributed by atoms with Gasteiger partial charge in [0.2, 0.25) is 0 Å². The van der Waals surface area contributed by atoms with Crippen LogP contribution in [0.1, 0.15) is 39.0 Å². The van der Waals surface area contributed by atoms with Crippen LogP contribution in [0.3, 0.4) is 0 Å². The second kappa shape index (κ2) is 4.55. The Hall–Kier alpha value is -1.26. The van der Waals surface area contributed by atoms with Gasteiger partial charge in [-0.25, -0.2) is 9.59 Å². The van der Waals surface area contributed by atoms with Gasteiger partial charge in [0.05, 0.1) is 0 Å². The number of carbonyl (C=O) groups is 2. The van der Waals surface area contributed by atoms with E-state index in [1.54, 1.807) is 0 Å². The number of hydrogen-bond acceptors (Lipinski definition) is 2. The zero-order valence-electron chi connectivity index (χ0n) is 10.0. The molecule has 96 valence electrons. The van der Waals surface area contributed by atoms with Crippen LogP contribution >= 0.6 is 0 Å². The van der Waals surface area contributed by atoms with Gasteiger partial charge in [0.25, 0.3) is 0 Å². The summed E-state index contributed by atoms with van der Waals surface area (Å²) in [6, 6.07) is -0.912. The van der Waals surface area contributed by atoms with E-state index in [1.807, 2.05) is 0 Å². The summed E-state index contributed by atoms with van der Waals surface area (Å²) in [6.07, 6.45) is 3.37. The molecule has 1 saturated heterocycles. The van der Waals surface area contributed by atoms with Crippen LogP contribution in [0.15, 0.2) is 0 Å². The van der Waals surface area contributed by atoms with Gasteiger partial charge in [0.1, 0.15) is 6.04 Å². The number of carboxylic acids is 1. The molecule has 1 unspecified atom stereocenters. The maximum Gasteiger partial charge on any atom is 0.408 e. The highest BCUT2D eigenvalue weighted by atomic mass is 16.4. The third-order valence-electron chi connectivity index (χ3n) is 4.37. The normalized spacial score (nSPS) is 36.6. The summed E-state index contributed by atoms with van der Waals surface area (Å²) in [7, 11) is 0. The average molecular weight is 241 g/mol. The number of nitrogens with zero attached hydrogens (tertiary/aromatic N) is 1. The van der Waals surface area contributed by atoms with Crippen LogP contribution in [0.4, 0.5) is 4.79 Å². The van der Waals surface area contributed by atoms with Crippen molar-refractivity contribution in [3.63, 3.8) is 0 Å². The molecular formula is C12H19NO4. The lowest BCUT2D eigenvalue weighted by atomic mass is 9.77. The van der Waals surface area contributed by atoms with Crippen LogP contribution in [0.2, 0.25) is 0 Å². The maximum atomic E-state index is 11.2. The van der Waals surface area contributed by atoms with Gasteiger partial charge >= 0.3 is 12.1 Å². The SMILES string of the molecule is CCC1CC[C@@H]2C[C@@H](C(=O)O)N(C(=O)O)[C@@H]2C1. The number of hydrogen-bond donors (Lipinski definition) is 2. The largest absolute Gasteiger partial charge is 0.480 e. The van der Waals surface area contributed by atoms with Crippen molar-refractivity contribution >= 4 is 12.1 Å². The Labute approximate surface area is 100 Å². The van der Waals surface area contributed by atoms with Crippen molar-refractivity contribution in [2.45, 2.75) is 51.1 Å². The number of rotatable bonds is 2. The molecule has 2 fully saturated rings. The molecule has 0 aromatic carbocycles. The minimum atomic E-state index is -1.08. The predicted molar refractivity (Wildman–Crippen MR) is 60.8 cm³/mol. The summed E-state index contributed by atoms with van der Waals surface area (Å²) in [5.41, 5.74) is 0. The monoisotopic (exact) mass is 241 g/mol. The quantitative estimate of drug-likeness (QED) is 0.775. The first-order chi connectivity index (χ1) is 8.04. The van der Waals surface area contributed by atoms with Crippen LogP contribution in [0.5, 0.6) is 0 Å². The molecule has 1 aliphatic carbocycles. The molecule has 0 aromatic rings. The molecule has 5 nitrogen and oxygen atoms in total. The van der Waals surface area contributed by atoms with E-state index >= 15 is 0 Å². The van der Waals surface area contributed by atoms with Crippen molar-refractivity contribution in [3.05, 3.63) is 0 Å². The summed E-state index contributed by atoms with van der Waals surface area (Å²) in [6.45, 7) is 2.11. The van der Waals surface area contributed by atoms with Gasteiger partial charge in [-0.1, -0.05) is 19.8 Å². The lowest BCUT2D eigenvalue weighted by molar-refractivity contribution is -0.142. The summed E-state index contributed by atoms with van der Waals surface area (Å²) in [5.74, 6) is -0.213. The Morgan fingerprint density at radius 2 is 1.94 bits per heavy atom. The van der Waals surface area contributed by atoms with Crippen molar-refractivity contribution in [1.29, 1.82) is 0 Å². The number of fused-ring (bicyclic) bond motifs is 1. The van der Waals surface area contributed by atoms with Crippen LogP contribution in [-0.2, 0) is 4.79 Å². The Morgan fingerprint density at radius 1 is 1.24 bits per heavy atom. The van der Waals surface area contributed by atoms with Gasteiger partial charge in [-0.05, 0) is 31.1 Å². The van der Waals surface area contributed by atoms with Gasteiger partial charge in [0, 0.05) is 6.04 Å². The van der Waals surface area contributed by atoms with Crippen molar-refractivity contribution in [2.24, 2.45) is 11.8 Å². The lowest BCUT2D eigenvalue weighted by Gasteiger charge is -2.35. The summed E-state index contributed by atoms with van der Waals surface area (Å²) in [5, 5.41) is 18.3. The Morgan fingerprint density at radius 3 is 2.47 bits per heavy atom. The second-order valence-electron chi connectivity index (χ2n) is 5.19. The third kappa shape index (κ3) is 2.10. The van der Waals surface area contributed by atoms with Gasteiger partial charge in [-0.15, -0.1) is 0 Å². The molecule has 4 atom stereocenters. The van der Waals surface area contributed by atoms with E-state index in [2.05, 4.69) is 6.92 Å². The average Bonchev–Trinajstić information content (AvgIpc) is 2.66. The Bertz CT molecular complexity index is 330. The molecule has 1 heterocycles. The van der Waals surface area contributed by atoms with Gasteiger partial charge in [-0.2, -0.15) is 0 Å². The topological polar surface area (TPSA) is 77.8 Å². The fourth-order valence-corrected chi connectivity index (χ4v) is 3.41. The molecular weight excluding hydrogens is 222 g/mol. The molecule has 0 radical (unpaired) electrons. The summed E-state index contributed by atoms with van der Waals surface area (Å²) in [4.78, 5) is 23.5. The fourth-order valence-electron chi connectivity index (χ4n) is 3.41. The van der Waals surface area contributed by atoms with E-state index in [9.17, 15) is 14.7 Å². The van der Waals surface area contributed by atoms with Gasteiger partial charge < -0.3 is 10.2 Å². The van der Waals surface area contributed by atoms with E-state index in [1.165, 1.54) is 4.90 Å². The van der Waals surface area contributed by atoms with Gasteiger partial charge in [0.15, 0.2) is 0 Å². The molecule has 2 aliphatic rings. The molecule has 17 heavy (non-hydrogen) atoms. The van der Waals surface area contributed by atoms with Crippen LogP contribution in [-0.4, -0.2) is 39.3 Å². The Balaban J connectivity index is 2.18. The van der Waals surface area contributed by atoms with Crippen molar-refractivity contribution in [1.82, 2.24) is 4.90 Å². The van der Waals surface area contributed by atoms with E-state index in [0.29, 0.717) is 12.3 Å². The highest BCUT2D eigenvalue weighted by molar-refractivity contribution is 5.80. The standard InChI is InChI=1S/C12H19NO4/c1-2-7-3-4-8-6-10(11(14)15)13(12(16)17)9(8)5-7/h7-10H,2-6H2,1H3,(H,14,15)(H,16,17)/t7?,8-,9-,10+/m1/s1. The minimum Gasteiger partial charge on any atom is -0.480 e. The number of likely N-dealkylation sites (tertiary alicyclic amines) is 1. The van der Waals surface area contributed by atoms with E-state index < -0.39 is 18.1 Å². The molecule has 1 saturated carbocycles. The molecule has 2 rings (SSSR count). The molecule has 1 amide bonds. The second-order valence-corrected chi connectivity index (χ2v) is 5.19. The summed E-state index contributed by atoms with van der Waals surface area (Å²) < 4.78 is 0. The van der Waals surface area contributed by atoms with Gasteiger partial charge in [-0.3, -0.25) is 4.90 Å². The molecule has 0 aromatic heterocycles. The lowest BCUT2D eigenvalue weighted by Crippen LogP contribution is -2.46. The number of amides is 1. The molecule has 0 spiro atoms. The highest BCUT2D eigenvalue weighted by Gasteiger charge is 2.49. The van der Waals surface area contributed by atoms with Crippen LogP contribution in [0, 0.1) is 11.8 Å². The Kier molecular flexibility index (Phi) is 3.26. The first-order valence-corrected chi connectivity index (χ1v) is 6.28. The number of aliphatic carboxylic acids is 1. The maximum absolute atomic E-state index is 11.2. The third-order valence-corrected chi connectivity index (χ3v) is 4.37. The molecule has 5 heteroatoms. The smallest absolute Gasteiger partial charge is 0.408 e. The summed E-state index contributed by atoms with van der Waals surface area (Å²) >= 11 is 0.